The van der Waals surface area contributed by atoms with Gasteiger partial charge >= 0.3 is 6.18 Å². The minimum absolute atomic E-state index is 0.0299. The molecule has 0 amide bonds. The van der Waals surface area contributed by atoms with Gasteiger partial charge in [-0.25, -0.2) is 0 Å². The first-order valence-corrected chi connectivity index (χ1v) is 11.8. The molecule has 2 aromatic rings. The van der Waals surface area contributed by atoms with E-state index in [-0.39, 0.29) is 23.3 Å². The average Bonchev–Trinajstić information content (AvgIpc) is 2.83. The number of anilines is 1. The van der Waals surface area contributed by atoms with Gasteiger partial charge in [-0.05, 0) is 44.7 Å². The molecule has 2 saturated heterocycles. The molecule has 188 valence electrons. The van der Waals surface area contributed by atoms with Crippen molar-refractivity contribution in [3.05, 3.63) is 51.7 Å². The molecule has 11 heteroatoms. The van der Waals surface area contributed by atoms with E-state index in [1.165, 1.54) is 10.9 Å². The van der Waals surface area contributed by atoms with Crippen molar-refractivity contribution in [3.8, 4) is 6.07 Å². The highest BCUT2D eigenvalue weighted by molar-refractivity contribution is 5.57. The van der Waals surface area contributed by atoms with Crippen molar-refractivity contribution < 1.29 is 17.9 Å². The first-order chi connectivity index (χ1) is 16.7. The van der Waals surface area contributed by atoms with Crippen molar-refractivity contribution >= 4 is 5.69 Å². The lowest BCUT2D eigenvalue weighted by Crippen LogP contribution is -2.53. The number of alkyl halides is 3. The molecule has 0 bridgehead atoms. The summed E-state index contributed by atoms with van der Waals surface area (Å²) in [5.74, 6) is 0. The molecule has 2 aliphatic rings. The van der Waals surface area contributed by atoms with E-state index in [4.69, 9.17) is 4.74 Å². The predicted octanol–water partition coefficient (Wildman–Crippen LogP) is 3.59. The molecule has 4 rings (SSSR count). The Morgan fingerprint density at radius 2 is 2.11 bits per heavy atom. The molecule has 3 atom stereocenters. The third-order valence-electron chi connectivity index (χ3n) is 6.78. The molecule has 4 heterocycles. The van der Waals surface area contributed by atoms with Gasteiger partial charge in [0.25, 0.3) is 5.56 Å². The molecule has 2 fully saturated rings. The van der Waals surface area contributed by atoms with Gasteiger partial charge in [-0.1, -0.05) is 6.07 Å². The smallest absolute Gasteiger partial charge is 0.364 e. The first-order valence-electron chi connectivity index (χ1n) is 11.8. The Hall–Kier alpha value is -2.97. The highest BCUT2D eigenvalue weighted by Gasteiger charge is 2.34. The molecule has 0 saturated carbocycles. The second kappa shape index (κ2) is 10.3. The lowest BCUT2D eigenvalue weighted by atomic mass is 10.0. The van der Waals surface area contributed by atoms with E-state index in [9.17, 15) is 23.2 Å². The zero-order valence-corrected chi connectivity index (χ0v) is 19.8. The zero-order valence-electron chi connectivity index (χ0n) is 19.8. The monoisotopic (exact) mass is 490 g/mol. The molecule has 8 nitrogen and oxygen atoms in total. The molecular weight excluding hydrogens is 461 g/mol. The van der Waals surface area contributed by atoms with E-state index >= 15 is 0 Å². The van der Waals surface area contributed by atoms with Crippen LogP contribution in [0.25, 0.3) is 0 Å². The fourth-order valence-corrected chi connectivity index (χ4v) is 4.96. The molecule has 35 heavy (non-hydrogen) atoms. The van der Waals surface area contributed by atoms with Gasteiger partial charge < -0.3 is 9.64 Å². The lowest BCUT2D eigenvalue weighted by molar-refractivity contribution is -0.128. The third kappa shape index (κ3) is 5.49. The van der Waals surface area contributed by atoms with Crippen LogP contribution in [-0.4, -0.2) is 58.1 Å². The minimum atomic E-state index is -4.33. The Bertz CT molecular complexity index is 1140. The van der Waals surface area contributed by atoms with Crippen LogP contribution >= 0.6 is 0 Å². The maximum atomic E-state index is 13.1. The molecule has 2 aromatic heterocycles. The Morgan fingerprint density at radius 3 is 2.77 bits per heavy atom. The van der Waals surface area contributed by atoms with Crippen molar-refractivity contribution in [1.82, 2.24) is 19.7 Å². The number of rotatable bonds is 5. The number of aromatic nitrogens is 3. The summed E-state index contributed by atoms with van der Waals surface area (Å²) in [5, 5.41) is 14.1. The first kappa shape index (κ1) is 25.1. The molecule has 0 aliphatic carbocycles. The van der Waals surface area contributed by atoms with E-state index in [1.807, 2.05) is 18.7 Å². The predicted molar refractivity (Wildman–Crippen MR) is 123 cm³/mol. The number of pyridine rings is 1. The van der Waals surface area contributed by atoms with Crippen LogP contribution in [0.2, 0.25) is 0 Å². The van der Waals surface area contributed by atoms with Crippen LogP contribution in [0.1, 0.15) is 62.2 Å². The van der Waals surface area contributed by atoms with Crippen molar-refractivity contribution in [1.29, 1.82) is 5.26 Å². The van der Waals surface area contributed by atoms with Crippen molar-refractivity contribution in [2.75, 3.05) is 31.1 Å². The second-order valence-corrected chi connectivity index (χ2v) is 9.13. The van der Waals surface area contributed by atoms with Crippen LogP contribution in [0.15, 0.2) is 29.3 Å². The van der Waals surface area contributed by atoms with Gasteiger partial charge in [-0.15, -0.1) is 0 Å². The molecule has 2 unspecified atom stereocenters. The number of nitrogens with zero attached hydrogens (tertiary/aromatic N) is 6. The van der Waals surface area contributed by atoms with Crippen LogP contribution in [0.4, 0.5) is 18.9 Å². The van der Waals surface area contributed by atoms with Crippen LogP contribution in [0, 0.1) is 11.3 Å². The molecule has 0 spiro atoms. The van der Waals surface area contributed by atoms with E-state index in [2.05, 4.69) is 21.1 Å². The van der Waals surface area contributed by atoms with E-state index in [1.54, 1.807) is 18.3 Å². The van der Waals surface area contributed by atoms with Gasteiger partial charge in [0, 0.05) is 44.5 Å². The summed E-state index contributed by atoms with van der Waals surface area (Å²) in [6.45, 7) is 6.00. The van der Waals surface area contributed by atoms with Gasteiger partial charge in [-0.2, -0.15) is 28.2 Å². The summed E-state index contributed by atoms with van der Waals surface area (Å²) in [5.41, 5.74) is 0.629. The topological polar surface area (TPSA) is 87.3 Å². The molecular formula is C24H29F3N6O2. The van der Waals surface area contributed by atoms with Crippen LogP contribution in [-0.2, 0) is 11.2 Å². The number of piperazine rings is 1. The Morgan fingerprint density at radius 1 is 1.31 bits per heavy atom. The van der Waals surface area contributed by atoms with E-state index in [0.717, 1.165) is 12.8 Å². The van der Waals surface area contributed by atoms with Gasteiger partial charge in [0.1, 0.15) is 11.6 Å². The lowest BCUT2D eigenvalue weighted by Gasteiger charge is -2.44. The van der Waals surface area contributed by atoms with Crippen molar-refractivity contribution in [3.63, 3.8) is 0 Å². The van der Waals surface area contributed by atoms with Crippen LogP contribution < -0.4 is 10.5 Å². The summed E-state index contributed by atoms with van der Waals surface area (Å²) >= 11 is 0. The van der Waals surface area contributed by atoms with Gasteiger partial charge in [0.2, 0.25) is 0 Å². The number of halogens is 3. The van der Waals surface area contributed by atoms with Gasteiger partial charge in [0.05, 0.1) is 24.0 Å². The van der Waals surface area contributed by atoms with Crippen LogP contribution in [0.3, 0.4) is 0 Å². The van der Waals surface area contributed by atoms with E-state index in [0.29, 0.717) is 43.9 Å². The Kier molecular flexibility index (Phi) is 7.42. The Balaban J connectivity index is 1.53. The largest absolute Gasteiger partial charge is 0.394 e. The standard InChI is InChI=1S/C24H29F3N6O2/c1-16-15-31(17(2)18-6-5-8-29-20(18)12-24(25,26)27)9-10-32(16)21-14-30-33(23(34)19(21)13-28)22-7-3-4-11-35-22/h5-6,8,14,16-17,22H,3-4,7,9-12,15H2,1-2H3/t16-,17?,22?/m1/s1. The summed E-state index contributed by atoms with van der Waals surface area (Å²) in [6, 6.07) is 5.04. The quantitative estimate of drug-likeness (QED) is 0.633. The van der Waals surface area contributed by atoms with Crippen molar-refractivity contribution in [2.45, 2.75) is 64.0 Å². The number of hydrogen-bond acceptors (Lipinski definition) is 7. The van der Waals surface area contributed by atoms with Gasteiger partial charge in [-0.3, -0.25) is 14.7 Å². The fourth-order valence-electron chi connectivity index (χ4n) is 4.96. The number of nitriles is 1. The summed E-state index contributed by atoms with van der Waals surface area (Å²) in [6.07, 6.45) is -0.385. The average molecular weight is 491 g/mol. The molecule has 0 N–H and O–H groups in total. The SMILES string of the molecule is CC(c1cccnc1CC(F)(F)F)N1CCN(c2cnn(C3CCCCO3)c(=O)c2C#N)[C@H](C)C1. The maximum Gasteiger partial charge on any atom is 0.394 e. The summed E-state index contributed by atoms with van der Waals surface area (Å²) < 4.78 is 46.1. The molecule has 0 aromatic carbocycles. The minimum Gasteiger partial charge on any atom is -0.364 e. The maximum absolute atomic E-state index is 13.1. The Labute approximate surface area is 201 Å². The highest BCUT2D eigenvalue weighted by atomic mass is 19.4. The van der Waals surface area contributed by atoms with Gasteiger partial charge in [0.15, 0.2) is 6.23 Å². The second-order valence-electron chi connectivity index (χ2n) is 9.13. The molecule has 0 radical (unpaired) electrons. The third-order valence-corrected chi connectivity index (χ3v) is 6.78. The highest BCUT2D eigenvalue weighted by Crippen LogP contribution is 2.31. The summed E-state index contributed by atoms with van der Waals surface area (Å²) in [7, 11) is 0. The fraction of sp³-hybridized carbons (Fsp3) is 0.583. The zero-order chi connectivity index (χ0) is 25.2. The summed E-state index contributed by atoms with van der Waals surface area (Å²) in [4.78, 5) is 21.1. The normalized spacial score (nSPS) is 22.6. The number of hydrogen-bond donors (Lipinski definition) is 0. The van der Waals surface area contributed by atoms with Crippen LogP contribution in [0.5, 0.6) is 0 Å². The van der Waals surface area contributed by atoms with Crippen molar-refractivity contribution in [2.24, 2.45) is 0 Å². The molecule has 2 aliphatic heterocycles. The van der Waals surface area contributed by atoms with E-state index < -0.39 is 24.4 Å². The number of ether oxygens (including phenoxy) is 1.